The number of nitrogens with zero attached hydrogens (tertiary/aromatic N) is 1. The second-order valence-corrected chi connectivity index (χ2v) is 4.26. The van der Waals surface area contributed by atoms with Crippen molar-refractivity contribution in [2.75, 3.05) is 6.54 Å². The van der Waals surface area contributed by atoms with Gasteiger partial charge in [-0.2, -0.15) is 0 Å². The van der Waals surface area contributed by atoms with Crippen molar-refractivity contribution in [2.24, 2.45) is 0 Å². The summed E-state index contributed by atoms with van der Waals surface area (Å²) in [5.41, 5.74) is 3.13. The molecule has 1 aromatic heterocycles. The molecule has 2 aromatic rings. The van der Waals surface area contributed by atoms with Crippen LogP contribution in [0.15, 0.2) is 42.6 Å². The van der Waals surface area contributed by atoms with E-state index in [4.69, 9.17) is 0 Å². The molecule has 0 saturated heterocycles. The van der Waals surface area contributed by atoms with Crippen LogP contribution in [0.4, 0.5) is 0 Å². The van der Waals surface area contributed by atoms with Gasteiger partial charge in [0.25, 0.3) is 5.91 Å². The summed E-state index contributed by atoms with van der Waals surface area (Å²) in [7, 11) is 0. The standard InChI is InChI=1S/C14H14N2O/c17-14(11-4-2-1-3-5-11)16-9-7-12-10-15-8-6-13(12)16/h1-5,7,9,15H,6,8,10H2. The van der Waals surface area contributed by atoms with Gasteiger partial charge in [0.05, 0.1) is 0 Å². The van der Waals surface area contributed by atoms with Gasteiger partial charge in [0.15, 0.2) is 0 Å². The molecule has 3 nitrogen and oxygen atoms in total. The number of nitrogens with one attached hydrogen (secondary N) is 1. The monoisotopic (exact) mass is 226 g/mol. The topological polar surface area (TPSA) is 34.0 Å². The van der Waals surface area contributed by atoms with Crippen molar-refractivity contribution in [1.82, 2.24) is 9.88 Å². The molecule has 0 atom stereocenters. The molecule has 2 heterocycles. The normalized spacial score (nSPS) is 14.4. The van der Waals surface area contributed by atoms with Crippen LogP contribution in [-0.4, -0.2) is 17.0 Å². The maximum Gasteiger partial charge on any atom is 0.262 e. The van der Waals surface area contributed by atoms with Gasteiger partial charge >= 0.3 is 0 Å². The molecule has 86 valence electrons. The van der Waals surface area contributed by atoms with Crippen LogP contribution in [-0.2, 0) is 13.0 Å². The average molecular weight is 226 g/mol. The van der Waals surface area contributed by atoms with E-state index in [1.165, 1.54) is 5.56 Å². The van der Waals surface area contributed by atoms with Crippen molar-refractivity contribution in [3.63, 3.8) is 0 Å². The zero-order chi connectivity index (χ0) is 11.7. The second-order valence-electron chi connectivity index (χ2n) is 4.26. The van der Waals surface area contributed by atoms with Crippen molar-refractivity contribution < 1.29 is 4.79 Å². The van der Waals surface area contributed by atoms with Crippen LogP contribution in [0.1, 0.15) is 21.6 Å². The Balaban J connectivity index is 2.00. The minimum atomic E-state index is 0.0637. The second kappa shape index (κ2) is 4.18. The Hall–Kier alpha value is -1.87. The average Bonchev–Trinajstić information content (AvgIpc) is 2.83. The van der Waals surface area contributed by atoms with E-state index in [9.17, 15) is 4.79 Å². The summed E-state index contributed by atoms with van der Waals surface area (Å²) < 4.78 is 1.78. The van der Waals surface area contributed by atoms with Gasteiger partial charge in [0.2, 0.25) is 0 Å². The molecule has 0 unspecified atom stereocenters. The predicted molar refractivity (Wildman–Crippen MR) is 66.0 cm³/mol. The summed E-state index contributed by atoms with van der Waals surface area (Å²) in [6, 6.07) is 11.5. The van der Waals surface area contributed by atoms with Gasteiger partial charge in [-0.3, -0.25) is 9.36 Å². The maximum absolute atomic E-state index is 12.3. The van der Waals surface area contributed by atoms with E-state index in [2.05, 4.69) is 5.32 Å². The lowest BCUT2D eigenvalue weighted by atomic mass is 10.1. The number of hydrogen-bond donors (Lipinski definition) is 1. The van der Waals surface area contributed by atoms with E-state index in [-0.39, 0.29) is 5.91 Å². The van der Waals surface area contributed by atoms with Crippen LogP contribution in [0.25, 0.3) is 0 Å². The number of fused-ring (bicyclic) bond motifs is 1. The molecule has 1 aliphatic heterocycles. The van der Waals surface area contributed by atoms with Gasteiger partial charge in [0.1, 0.15) is 0 Å². The molecule has 1 aliphatic rings. The Kier molecular flexibility index (Phi) is 2.53. The first-order valence-electron chi connectivity index (χ1n) is 5.86. The predicted octanol–water partition coefficient (Wildman–Crippen LogP) is 1.82. The maximum atomic E-state index is 12.3. The Morgan fingerprint density at radius 2 is 2.00 bits per heavy atom. The highest BCUT2D eigenvalue weighted by Crippen LogP contribution is 2.17. The van der Waals surface area contributed by atoms with Crippen LogP contribution in [0.2, 0.25) is 0 Å². The Bertz CT molecular complexity index is 543. The Morgan fingerprint density at radius 1 is 1.18 bits per heavy atom. The number of benzene rings is 1. The van der Waals surface area contributed by atoms with Gasteiger partial charge in [-0.1, -0.05) is 18.2 Å². The van der Waals surface area contributed by atoms with Gasteiger partial charge in [-0.25, -0.2) is 0 Å². The van der Waals surface area contributed by atoms with Crippen molar-refractivity contribution in [1.29, 1.82) is 0 Å². The van der Waals surface area contributed by atoms with E-state index in [0.717, 1.165) is 30.8 Å². The van der Waals surface area contributed by atoms with Crippen molar-refractivity contribution in [3.05, 3.63) is 59.4 Å². The summed E-state index contributed by atoms with van der Waals surface area (Å²) in [6.07, 6.45) is 2.80. The molecule has 0 amide bonds. The molecule has 17 heavy (non-hydrogen) atoms. The van der Waals surface area contributed by atoms with E-state index in [1.807, 2.05) is 42.6 Å². The van der Waals surface area contributed by atoms with Crippen molar-refractivity contribution >= 4 is 5.91 Å². The van der Waals surface area contributed by atoms with Crippen LogP contribution in [0.3, 0.4) is 0 Å². The van der Waals surface area contributed by atoms with E-state index >= 15 is 0 Å². The van der Waals surface area contributed by atoms with Gasteiger partial charge < -0.3 is 5.32 Å². The third-order valence-corrected chi connectivity index (χ3v) is 3.18. The fourth-order valence-electron chi connectivity index (χ4n) is 2.29. The molecule has 1 aromatic carbocycles. The van der Waals surface area contributed by atoms with E-state index in [1.54, 1.807) is 4.57 Å². The number of hydrogen-bond acceptors (Lipinski definition) is 2. The minimum Gasteiger partial charge on any atom is -0.312 e. The number of rotatable bonds is 1. The van der Waals surface area contributed by atoms with E-state index < -0.39 is 0 Å². The van der Waals surface area contributed by atoms with Crippen LogP contribution in [0.5, 0.6) is 0 Å². The first-order chi connectivity index (χ1) is 8.36. The zero-order valence-electron chi connectivity index (χ0n) is 9.52. The van der Waals surface area contributed by atoms with Crippen molar-refractivity contribution in [3.8, 4) is 0 Å². The molecular formula is C14H14N2O. The highest BCUT2D eigenvalue weighted by atomic mass is 16.2. The number of aromatic nitrogens is 1. The molecule has 1 N–H and O–H groups in total. The lowest BCUT2D eigenvalue weighted by molar-refractivity contribution is 0.0957. The van der Waals surface area contributed by atoms with Gasteiger partial charge in [-0.15, -0.1) is 0 Å². The van der Waals surface area contributed by atoms with Gasteiger partial charge in [0, 0.05) is 37.0 Å². The molecule has 0 bridgehead atoms. The summed E-state index contributed by atoms with van der Waals surface area (Å²) in [5.74, 6) is 0.0637. The third kappa shape index (κ3) is 1.78. The highest BCUT2D eigenvalue weighted by Gasteiger charge is 2.17. The van der Waals surface area contributed by atoms with Crippen molar-refractivity contribution in [2.45, 2.75) is 13.0 Å². The third-order valence-electron chi connectivity index (χ3n) is 3.18. The van der Waals surface area contributed by atoms with Crippen LogP contribution >= 0.6 is 0 Å². The summed E-state index contributed by atoms with van der Waals surface area (Å²) in [5, 5.41) is 3.31. The molecular weight excluding hydrogens is 212 g/mol. The fourth-order valence-corrected chi connectivity index (χ4v) is 2.29. The molecule has 0 aliphatic carbocycles. The molecule has 0 radical (unpaired) electrons. The smallest absolute Gasteiger partial charge is 0.262 e. The minimum absolute atomic E-state index is 0.0637. The van der Waals surface area contributed by atoms with Crippen LogP contribution < -0.4 is 5.32 Å². The fraction of sp³-hybridized carbons (Fsp3) is 0.214. The number of carbonyl (C=O) groups excluding carboxylic acids is 1. The zero-order valence-corrected chi connectivity index (χ0v) is 9.52. The molecule has 3 rings (SSSR count). The quantitative estimate of drug-likeness (QED) is 0.804. The molecule has 3 heteroatoms. The Morgan fingerprint density at radius 3 is 2.82 bits per heavy atom. The Labute approximate surface area is 100 Å². The summed E-state index contributed by atoms with van der Waals surface area (Å²) in [4.78, 5) is 12.3. The summed E-state index contributed by atoms with van der Waals surface area (Å²) in [6.45, 7) is 1.81. The first-order valence-corrected chi connectivity index (χ1v) is 5.86. The lowest BCUT2D eigenvalue weighted by Gasteiger charge is -2.15. The highest BCUT2D eigenvalue weighted by molar-refractivity contribution is 5.96. The molecule has 0 fully saturated rings. The largest absolute Gasteiger partial charge is 0.312 e. The van der Waals surface area contributed by atoms with Crippen LogP contribution in [0, 0.1) is 0 Å². The van der Waals surface area contributed by atoms with E-state index in [0.29, 0.717) is 0 Å². The number of carbonyl (C=O) groups is 1. The summed E-state index contributed by atoms with van der Waals surface area (Å²) >= 11 is 0. The van der Waals surface area contributed by atoms with Gasteiger partial charge in [-0.05, 0) is 23.8 Å². The molecule has 0 spiro atoms. The first kappa shape index (κ1) is 10.3. The SMILES string of the molecule is O=C(c1ccccc1)n1ccc2c1CCNC2. The lowest BCUT2D eigenvalue weighted by Crippen LogP contribution is -2.26. The molecule has 0 saturated carbocycles.